The van der Waals surface area contributed by atoms with Gasteiger partial charge in [0.05, 0.1) is 10.7 Å². The lowest BCUT2D eigenvalue weighted by atomic mass is 9.99. The summed E-state index contributed by atoms with van der Waals surface area (Å²) in [5, 5.41) is 13.1. The van der Waals surface area contributed by atoms with Crippen LogP contribution >= 0.6 is 11.6 Å². The Kier molecular flexibility index (Phi) is 4.22. The van der Waals surface area contributed by atoms with E-state index in [-0.39, 0.29) is 12.1 Å². The number of hydrogen-bond acceptors (Lipinski definition) is 2. The number of hydrogen-bond donors (Lipinski definition) is 2. The summed E-state index contributed by atoms with van der Waals surface area (Å²) >= 11 is 6.22. The fourth-order valence-electron chi connectivity index (χ4n) is 1.75. The van der Waals surface area contributed by atoms with Crippen LogP contribution in [0.5, 0.6) is 0 Å². The number of halogens is 1. The van der Waals surface area contributed by atoms with Crippen LogP contribution in [0.25, 0.3) is 0 Å². The molecule has 1 aromatic carbocycles. The molecule has 0 spiro atoms. The van der Waals surface area contributed by atoms with Gasteiger partial charge in [-0.3, -0.25) is 0 Å². The van der Waals surface area contributed by atoms with E-state index in [1.807, 2.05) is 19.9 Å². The molecule has 2 nitrogen and oxygen atoms in total. The highest BCUT2D eigenvalue weighted by Crippen LogP contribution is 2.30. The number of nitrogens with one attached hydrogen (secondary N) is 1. The van der Waals surface area contributed by atoms with Gasteiger partial charge in [-0.15, -0.1) is 0 Å². The number of benzene rings is 1. The smallest absolute Gasteiger partial charge is 0.0643 e. The quantitative estimate of drug-likeness (QED) is 0.845. The fourth-order valence-corrected chi connectivity index (χ4v) is 2.12. The highest BCUT2D eigenvalue weighted by atomic mass is 35.5. The summed E-state index contributed by atoms with van der Waals surface area (Å²) in [5.41, 5.74) is 3.10. The number of aliphatic hydroxyl groups excluding tert-OH is 1. The zero-order valence-electron chi connectivity index (χ0n) is 10.4. The second kappa shape index (κ2) is 5.07. The molecule has 0 saturated carbocycles. The number of anilines is 1. The van der Waals surface area contributed by atoms with Crippen molar-refractivity contribution in [3.63, 3.8) is 0 Å². The Morgan fingerprint density at radius 1 is 1.31 bits per heavy atom. The zero-order chi connectivity index (χ0) is 12.3. The van der Waals surface area contributed by atoms with Gasteiger partial charge < -0.3 is 10.4 Å². The van der Waals surface area contributed by atoms with Crippen molar-refractivity contribution in [2.75, 3.05) is 11.9 Å². The molecule has 0 bridgehead atoms. The summed E-state index contributed by atoms with van der Waals surface area (Å²) in [5.74, 6) is 0. The number of rotatable bonds is 4. The van der Waals surface area contributed by atoms with Gasteiger partial charge in [-0.1, -0.05) is 17.7 Å². The molecule has 1 aromatic rings. The zero-order valence-corrected chi connectivity index (χ0v) is 11.2. The molecule has 0 atom stereocenters. The predicted molar refractivity (Wildman–Crippen MR) is 70.3 cm³/mol. The Morgan fingerprint density at radius 2 is 1.94 bits per heavy atom. The maximum atomic E-state index is 8.99. The van der Waals surface area contributed by atoms with Crippen LogP contribution in [-0.2, 0) is 0 Å². The van der Waals surface area contributed by atoms with E-state index in [0.717, 1.165) is 21.8 Å². The molecule has 0 aliphatic heterocycles. The van der Waals surface area contributed by atoms with E-state index in [4.69, 9.17) is 16.7 Å². The molecule has 0 saturated heterocycles. The van der Waals surface area contributed by atoms with Crippen molar-refractivity contribution >= 4 is 17.3 Å². The molecule has 0 radical (unpaired) electrons. The van der Waals surface area contributed by atoms with E-state index in [1.165, 1.54) is 0 Å². The van der Waals surface area contributed by atoms with Gasteiger partial charge in [-0.05, 0) is 51.3 Å². The van der Waals surface area contributed by atoms with E-state index < -0.39 is 0 Å². The first kappa shape index (κ1) is 13.3. The Morgan fingerprint density at radius 3 is 2.44 bits per heavy atom. The highest BCUT2D eigenvalue weighted by Gasteiger charge is 2.19. The summed E-state index contributed by atoms with van der Waals surface area (Å²) in [6.45, 7) is 8.35. The number of aryl methyl sites for hydroxylation is 2. The second-order valence-electron chi connectivity index (χ2n) is 4.92. The molecular weight excluding hydrogens is 222 g/mol. The third-order valence-corrected chi connectivity index (χ3v) is 2.93. The first-order valence-electron chi connectivity index (χ1n) is 5.51. The Hall–Kier alpha value is -0.730. The molecule has 0 aliphatic carbocycles. The lowest BCUT2D eigenvalue weighted by Gasteiger charge is -2.28. The van der Waals surface area contributed by atoms with E-state index in [0.29, 0.717) is 6.42 Å². The Labute approximate surface area is 103 Å². The molecule has 0 aromatic heterocycles. The van der Waals surface area contributed by atoms with Crippen LogP contribution in [0.1, 0.15) is 31.4 Å². The Balaban J connectivity index is 2.97. The minimum atomic E-state index is -0.154. The minimum Gasteiger partial charge on any atom is -0.396 e. The SMILES string of the molecule is Cc1cc(C)c(NC(C)(C)CCO)c(Cl)c1. The van der Waals surface area contributed by atoms with Gasteiger partial charge in [0.1, 0.15) is 0 Å². The minimum absolute atomic E-state index is 0.154. The van der Waals surface area contributed by atoms with Crippen molar-refractivity contribution in [1.29, 1.82) is 0 Å². The molecule has 2 N–H and O–H groups in total. The third kappa shape index (κ3) is 3.39. The lowest BCUT2D eigenvalue weighted by molar-refractivity contribution is 0.261. The summed E-state index contributed by atoms with van der Waals surface area (Å²) in [6, 6.07) is 4.05. The van der Waals surface area contributed by atoms with Crippen molar-refractivity contribution in [3.8, 4) is 0 Å². The third-order valence-electron chi connectivity index (χ3n) is 2.63. The van der Waals surface area contributed by atoms with Crippen molar-refractivity contribution in [3.05, 3.63) is 28.3 Å². The van der Waals surface area contributed by atoms with Crippen LogP contribution in [0.4, 0.5) is 5.69 Å². The van der Waals surface area contributed by atoms with Crippen LogP contribution in [0.3, 0.4) is 0 Å². The van der Waals surface area contributed by atoms with Crippen LogP contribution < -0.4 is 5.32 Å². The summed E-state index contributed by atoms with van der Waals surface area (Å²) in [7, 11) is 0. The molecule has 16 heavy (non-hydrogen) atoms. The molecule has 0 aliphatic rings. The molecular formula is C13H20ClNO. The first-order chi connectivity index (χ1) is 7.35. The van der Waals surface area contributed by atoms with Gasteiger partial charge in [0.15, 0.2) is 0 Å². The van der Waals surface area contributed by atoms with Crippen molar-refractivity contribution in [2.45, 2.75) is 39.7 Å². The number of aliphatic hydroxyl groups is 1. The average Bonchev–Trinajstić information content (AvgIpc) is 2.11. The van der Waals surface area contributed by atoms with Crippen LogP contribution in [0, 0.1) is 13.8 Å². The molecule has 1 rings (SSSR count). The van der Waals surface area contributed by atoms with E-state index in [9.17, 15) is 0 Å². The molecule has 0 heterocycles. The van der Waals surface area contributed by atoms with Crippen LogP contribution in [0.15, 0.2) is 12.1 Å². The summed E-state index contributed by atoms with van der Waals surface area (Å²) < 4.78 is 0. The lowest BCUT2D eigenvalue weighted by Crippen LogP contribution is -2.32. The van der Waals surface area contributed by atoms with Gasteiger partial charge in [-0.2, -0.15) is 0 Å². The van der Waals surface area contributed by atoms with Crippen molar-refractivity contribution < 1.29 is 5.11 Å². The van der Waals surface area contributed by atoms with E-state index in [2.05, 4.69) is 25.2 Å². The summed E-state index contributed by atoms with van der Waals surface area (Å²) in [6.07, 6.45) is 0.691. The maximum absolute atomic E-state index is 8.99. The monoisotopic (exact) mass is 241 g/mol. The fraction of sp³-hybridized carbons (Fsp3) is 0.538. The highest BCUT2D eigenvalue weighted by molar-refractivity contribution is 6.33. The van der Waals surface area contributed by atoms with Crippen molar-refractivity contribution in [1.82, 2.24) is 0 Å². The molecule has 90 valence electrons. The molecule has 0 fully saturated rings. The maximum Gasteiger partial charge on any atom is 0.0643 e. The Bertz CT molecular complexity index is 351. The normalized spacial score (nSPS) is 11.6. The standard InChI is InChI=1S/C13H20ClNO/c1-9-7-10(2)12(11(14)8-9)15-13(3,4)5-6-16/h7-8,15-16H,5-6H2,1-4H3. The molecule has 3 heteroatoms. The molecule has 0 unspecified atom stereocenters. The molecule has 0 amide bonds. The van der Waals surface area contributed by atoms with Gasteiger partial charge in [0.25, 0.3) is 0 Å². The van der Waals surface area contributed by atoms with E-state index in [1.54, 1.807) is 0 Å². The topological polar surface area (TPSA) is 32.3 Å². The van der Waals surface area contributed by atoms with Gasteiger partial charge in [0, 0.05) is 12.1 Å². The predicted octanol–water partition coefficient (Wildman–Crippen LogP) is 3.53. The van der Waals surface area contributed by atoms with Gasteiger partial charge in [0.2, 0.25) is 0 Å². The second-order valence-corrected chi connectivity index (χ2v) is 5.33. The average molecular weight is 242 g/mol. The van der Waals surface area contributed by atoms with E-state index >= 15 is 0 Å². The van der Waals surface area contributed by atoms with Gasteiger partial charge >= 0.3 is 0 Å². The first-order valence-corrected chi connectivity index (χ1v) is 5.89. The largest absolute Gasteiger partial charge is 0.396 e. The van der Waals surface area contributed by atoms with Gasteiger partial charge in [-0.25, -0.2) is 0 Å². The van der Waals surface area contributed by atoms with Crippen LogP contribution in [0.2, 0.25) is 5.02 Å². The van der Waals surface area contributed by atoms with Crippen molar-refractivity contribution in [2.24, 2.45) is 0 Å². The van der Waals surface area contributed by atoms with Crippen LogP contribution in [-0.4, -0.2) is 17.3 Å². The summed E-state index contributed by atoms with van der Waals surface area (Å²) in [4.78, 5) is 0.